The van der Waals surface area contributed by atoms with Crippen LogP contribution < -0.4 is 22.5 Å². The van der Waals surface area contributed by atoms with Gasteiger partial charge < -0.3 is 42.7 Å². The van der Waals surface area contributed by atoms with E-state index in [1.165, 1.54) is 90.5 Å². The zero-order chi connectivity index (χ0) is 29.0. The lowest BCUT2D eigenvalue weighted by molar-refractivity contribution is 0.136. The number of nitrogens with two attached hydrogens (primary N) is 3. The topological polar surface area (TPSA) is 157 Å². The van der Waals surface area contributed by atoms with E-state index in [-0.39, 0.29) is 19.8 Å². The molecule has 0 saturated heterocycles. The number of nitrogens with zero attached hydrogens (tertiary/aromatic N) is 2. The van der Waals surface area contributed by atoms with Crippen molar-refractivity contribution in [3.63, 3.8) is 0 Å². The van der Waals surface area contributed by atoms with Crippen LogP contribution in [-0.4, -0.2) is 116 Å². The highest BCUT2D eigenvalue weighted by Crippen LogP contribution is 2.14. The summed E-state index contributed by atoms with van der Waals surface area (Å²) in [5.41, 5.74) is 15.4. The third kappa shape index (κ3) is 45.9. The summed E-state index contributed by atoms with van der Waals surface area (Å²) in [5, 5.41) is 28.8. The highest BCUT2D eigenvalue weighted by molar-refractivity contribution is 4.66. The molecule has 10 N–H and O–H groups in total. The molecule has 0 aromatic heterocycles. The monoisotopic (exact) mass is 539 g/mol. The van der Waals surface area contributed by atoms with Crippen LogP contribution in [0.15, 0.2) is 0 Å². The van der Waals surface area contributed by atoms with E-state index in [9.17, 15) is 0 Å². The average molecular weight is 539 g/mol. The summed E-state index contributed by atoms with van der Waals surface area (Å²) < 4.78 is 0. The van der Waals surface area contributed by atoms with Crippen LogP contribution in [0.25, 0.3) is 0 Å². The van der Waals surface area contributed by atoms with E-state index >= 15 is 0 Å². The highest BCUT2D eigenvalue weighted by Gasteiger charge is 2.06. The fraction of sp³-hybridized carbons (Fsp3) is 1.00. The van der Waals surface area contributed by atoms with Crippen LogP contribution in [0.3, 0.4) is 0 Å². The van der Waals surface area contributed by atoms with Gasteiger partial charge in [0.2, 0.25) is 0 Å². The highest BCUT2D eigenvalue weighted by atomic mass is 16.3. The summed E-state index contributed by atoms with van der Waals surface area (Å²) in [6.45, 7) is 19.9. The molecule has 1 rings (SSSR count). The molecule has 0 aliphatic heterocycles. The predicted octanol–water partition coefficient (Wildman–Crippen LogP) is 1.97. The van der Waals surface area contributed by atoms with E-state index in [1.54, 1.807) is 4.90 Å². The van der Waals surface area contributed by atoms with Gasteiger partial charge in [-0.15, -0.1) is 0 Å². The molecular weight excluding hydrogens is 468 g/mol. The lowest BCUT2D eigenvalue weighted by Crippen LogP contribution is -2.32. The number of unbranched alkanes of at least 4 members (excludes halogenated alkanes) is 2. The Hall–Kier alpha value is -0.360. The number of nitrogens with one attached hydrogen (secondary N) is 1. The molecule has 0 amide bonds. The predicted molar refractivity (Wildman–Crippen MR) is 163 cm³/mol. The minimum atomic E-state index is 0.0694. The fourth-order valence-corrected chi connectivity index (χ4v) is 3.29. The standard InChI is InChI=1S/C8H19N.C6H15NO3.C6H13N.C6H15N.C2H8N2/c1-3-5-7-9-8-6-4-2;8-4-1-7(2-5-9)3-6-10;7-6-4-2-1-3-5-6;1-4-7(5-2)6-3;3-1-2-4/h9H,3-8H2,1-2H3;8-10H,1-6H2;6H,1-5,7H2;4-6H2,1-3H3;1-4H2. The third-order valence-electron chi connectivity index (χ3n) is 5.82. The van der Waals surface area contributed by atoms with Crippen LogP contribution in [0, 0.1) is 0 Å². The number of hydrogen-bond donors (Lipinski definition) is 7. The van der Waals surface area contributed by atoms with Gasteiger partial charge in [-0.25, -0.2) is 0 Å². The molecule has 1 aliphatic carbocycles. The first kappa shape index (κ1) is 43.7. The molecule has 0 aromatic carbocycles. The minimum Gasteiger partial charge on any atom is -0.395 e. The van der Waals surface area contributed by atoms with Gasteiger partial charge in [0, 0.05) is 38.8 Å². The summed E-state index contributed by atoms with van der Waals surface area (Å²) in [6, 6.07) is 0.536. The van der Waals surface area contributed by atoms with Gasteiger partial charge in [-0.3, -0.25) is 4.90 Å². The molecule has 230 valence electrons. The normalized spacial score (nSPS) is 12.9. The van der Waals surface area contributed by atoms with Gasteiger partial charge in [0.25, 0.3) is 0 Å². The van der Waals surface area contributed by atoms with Gasteiger partial charge in [-0.2, -0.15) is 0 Å². The van der Waals surface area contributed by atoms with Crippen molar-refractivity contribution < 1.29 is 15.3 Å². The van der Waals surface area contributed by atoms with Crippen molar-refractivity contribution in [1.82, 2.24) is 15.1 Å². The Bertz CT molecular complexity index is 320. The first-order valence-corrected chi connectivity index (χ1v) is 15.1. The van der Waals surface area contributed by atoms with Crippen LogP contribution in [0.5, 0.6) is 0 Å². The first-order valence-electron chi connectivity index (χ1n) is 15.1. The Balaban J connectivity index is -0.000000189. The summed E-state index contributed by atoms with van der Waals surface area (Å²) in [6.07, 6.45) is 11.9. The second-order valence-corrected chi connectivity index (χ2v) is 9.06. The Kier molecular flexibility index (Phi) is 50.4. The smallest absolute Gasteiger partial charge is 0.0558 e. The van der Waals surface area contributed by atoms with Gasteiger partial charge in [0.05, 0.1) is 19.8 Å². The Morgan fingerprint density at radius 3 is 1.22 bits per heavy atom. The van der Waals surface area contributed by atoms with Crippen LogP contribution in [0.4, 0.5) is 0 Å². The Morgan fingerprint density at radius 2 is 1.03 bits per heavy atom. The van der Waals surface area contributed by atoms with Gasteiger partial charge in [-0.1, -0.05) is 66.7 Å². The maximum absolute atomic E-state index is 8.48. The summed E-state index contributed by atoms with van der Waals surface area (Å²) >= 11 is 0. The maximum Gasteiger partial charge on any atom is 0.0558 e. The second kappa shape index (κ2) is 42.7. The zero-order valence-corrected chi connectivity index (χ0v) is 25.6. The fourth-order valence-electron chi connectivity index (χ4n) is 3.29. The molecule has 0 heterocycles. The van der Waals surface area contributed by atoms with Crippen molar-refractivity contribution in [2.45, 2.75) is 98.4 Å². The lowest BCUT2D eigenvalue weighted by atomic mass is 9.97. The Labute approximate surface area is 231 Å². The Morgan fingerprint density at radius 1 is 0.649 bits per heavy atom. The van der Waals surface area contributed by atoms with E-state index in [0.29, 0.717) is 38.8 Å². The van der Waals surface area contributed by atoms with E-state index in [2.05, 4.69) is 44.8 Å². The zero-order valence-electron chi connectivity index (χ0n) is 25.6. The van der Waals surface area contributed by atoms with Crippen LogP contribution in [0.2, 0.25) is 0 Å². The molecule has 0 spiro atoms. The van der Waals surface area contributed by atoms with Crippen LogP contribution in [0.1, 0.15) is 92.4 Å². The minimum absolute atomic E-state index is 0.0694. The molecule has 9 heteroatoms. The summed E-state index contributed by atoms with van der Waals surface area (Å²) in [4.78, 5) is 4.17. The van der Waals surface area contributed by atoms with Gasteiger partial charge in [0.15, 0.2) is 0 Å². The molecule has 0 bridgehead atoms. The second-order valence-electron chi connectivity index (χ2n) is 9.06. The van der Waals surface area contributed by atoms with Gasteiger partial charge in [-0.05, 0) is 58.4 Å². The van der Waals surface area contributed by atoms with Crippen molar-refractivity contribution in [3.05, 3.63) is 0 Å². The number of aliphatic hydroxyl groups is 3. The van der Waals surface area contributed by atoms with Gasteiger partial charge in [0.1, 0.15) is 0 Å². The molecule has 1 saturated carbocycles. The van der Waals surface area contributed by atoms with Crippen LogP contribution in [-0.2, 0) is 0 Å². The molecule has 0 radical (unpaired) electrons. The molecule has 9 nitrogen and oxygen atoms in total. The van der Waals surface area contributed by atoms with Crippen molar-refractivity contribution >= 4 is 0 Å². The molecule has 37 heavy (non-hydrogen) atoms. The van der Waals surface area contributed by atoms with Crippen LogP contribution >= 0.6 is 0 Å². The molecule has 1 fully saturated rings. The maximum atomic E-state index is 8.48. The molecule has 0 atom stereocenters. The van der Waals surface area contributed by atoms with E-state index in [0.717, 1.165) is 0 Å². The average Bonchev–Trinajstić information content (AvgIpc) is 2.92. The number of rotatable bonds is 16. The SMILES string of the molecule is CCCCNCCCC.CCN(CC)CC.NC1CCCCC1.NCCN.OCCN(CCO)CCO. The molecule has 1 aliphatic rings. The lowest BCUT2D eigenvalue weighted by Gasteiger charge is -2.17. The van der Waals surface area contributed by atoms with Crippen molar-refractivity contribution in [1.29, 1.82) is 0 Å². The molecule has 0 unspecified atom stereocenters. The first-order chi connectivity index (χ1) is 17.9. The van der Waals surface area contributed by atoms with Crippen molar-refractivity contribution in [3.8, 4) is 0 Å². The van der Waals surface area contributed by atoms with E-state index in [1.807, 2.05) is 0 Å². The number of hydrogen-bond acceptors (Lipinski definition) is 9. The van der Waals surface area contributed by atoms with Crippen molar-refractivity contribution in [2.24, 2.45) is 17.2 Å². The quantitative estimate of drug-likeness (QED) is 0.146. The van der Waals surface area contributed by atoms with E-state index in [4.69, 9.17) is 32.5 Å². The molecule has 0 aromatic rings. The van der Waals surface area contributed by atoms with E-state index < -0.39 is 0 Å². The third-order valence-corrected chi connectivity index (χ3v) is 5.82. The molecular formula is C28H70N6O3. The largest absolute Gasteiger partial charge is 0.395 e. The summed E-state index contributed by atoms with van der Waals surface area (Å²) in [7, 11) is 0. The van der Waals surface area contributed by atoms with Crippen molar-refractivity contribution in [2.75, 3.05) is 85.3 Å². The number of aliphatic hydroxyl groups excluding tert-OH is 3. The summed E-state index contributed by atoms with van der Waals surface area (Å²) in [5.74, 6) is 0. The van der Waals surface area contributed by atoms with Gasteiger partial charge >= 0.3 is 0 Å².